The Balaban J connectivity index is 2.26. The Kier molecular flexibility index (Phi) is 5.73. The van der Waals surface area contributed by atoms with Gasteiger partial charge in [0.05, 0.1) is 13.0 Å². The van der Waals surface area contributed by atoms with E-state index in [1.165, 1.54) is 0 Å². The molecule has 0 aliphatic carbocycles. The van der Waals surface area contributed by atoms with Gasteiger partial charge in [-0.15, -0.1) is 0 Å². The second-order valence-corrected chi connectivity index (χ2v) is 7.20. The van der Waals surface area contributed by atoms with Crippen LogP contribution in [0.4, 0.5) is 0 Å². The van der Waals surface area contributed by atoms with Crippen molar-refractivity contribution in [2.75, 3.05) is 7.11 Å². The highest BCUT2D eigenvalue weighted by Crippen LogP contribution is 2.31. The van der Waals surface area contributed by atoms with Gasteiger partial charge < -0.3 is 14.6 Å². The molecule has 0 saturated heterocycles. The molecular formula is C21H26O4. The minimum atomic E-state index is -0.862. The van der Waals surface area contributed by atoms with E-state index in [9.17, 15) is 9.90 Å². The van der Waals surface area contributed by atoms with Crippen molar-refractivity contribution in [2.24, 2.45) is 0 Å². The molecule has 2 rings (SSSR count). The Bertz CT molecular complexity index is 727. The summed E-state index contributed by atoms with van der Waals surface area (Å²) in [6, 6.07) is 13.2. The van der Waals surface area contributed by atoms with Crippen LogP contribution in [0.3, 0.4) is 0 Å². The van der Waals surface area contributed by atoms with E-state index in [4.69, 9.17) is 9.47 Å². The summed E-state index contributed by atoms with van der Waals surface area (Å²) in [6.45, 7) is 7.92. The number of carbonyl (C=O) groups is 1. The van der Waals surface area contributed by atoms with Gasteiger partial charge in [0.25, 0.3) is 0 Å². The fourth-order valence-electron chi connectivity index (χ4n) is 2.74. The lowest BCUT2D eigenvalue weighted by atomic mass is 9.90. The number of aliphatic carboxylic acids is 1. The molecular weight excluding hydrogens is 316 g/mol. The molecule has 0 spiro atoms. The third-order valence-corrected chi connectivity index (χ3v) is 3.85. The normalized spacial score (nSPS) is 12.5. The molecule has 1 N–H and O–H groups in total. The Morgan fingerprint density at radius 3 is 2.28 bits per heavy atom. The molecule has 2 aromatic carbocycles. The average Bonchev–Trinajstić information content (AvgIpc) is 2.52. The number of rotatable bonds is 6. The maximum absolute atomic E-state index is 11.9. The fourth-order valence-corrected chi connectivity index (χ4v) is 2.74. The number of hydrogen-bond acceptors (Lipinski definition) is 3. The Morgan fingerprint density at radius 2 is 1.76 bits per heavy atom. The Labute approximate surface area is 149 Å². The van der Waals surface area contributed by atoms with Gasteiger partial charge in [0.15, 0.2) is 0 Å². The summed E-state index contributed by atoms with van der Waals surface area (Å²) in [4.78, 5) is 11.9. The van der Waals surface area contributed by atoms with Crippen LogP contribution in [0.5, 0.6) is 11.5 Å². The van der Waals surface area contributed by atoms with Crippen LogP contribution >= 0.6 is 0 Å². The van der Waals surface area contributed by atoms with E-state index >= 15 is 0 Å². The van der Waals surface area contributed by atoms with Crippen molar-refractivity contribution in [1.29, 1.82) is 0 Å². The largest absolute Gasteiger partial charge is 0.496 e. The molecule has 0 fully saturated rings. The predicted octanol–water partition coefficient (Wildman–Crippen LogP) is 4.59. The van der Waals surface area contributed by atoms with E-state index in [1.807, 2.05) is 70.2 Å². The molecule has 0 heterocycles. The van der Waals surface area contributed by atoms with Crippen molar-refractivity contribution < 1.29 is 19.4 Å². The molecule has 1 atom stereocenters. The van der Waals surface area contributed by atoms with Gasteiger partial charge in [-0.3, -0.25) is 4.79 Å². The summed E-state index contributed by atoms with van der Waals surface area (Å²) in [5.74, 6) is -0.148. The molecule has 0 amide bonds. The molecule has 1 unspecified atom stereocenters. The first-order valence-electron chi connectivity index (χ1n) is 8.35. The first-order chi connectivity index (χ1) is 11.7. The lowest BCUT2D eigenvalue weighted by Crippen LogP contribution is -2.22. The molecule has 134 valence electrons. The lowest BCUT2D eigenvalue weighted by Gasteiger charge is -2.21. The molecule has 2 aromatic rings. The highest BCUT2D eigenvalue weighted by molar-refractivity contribution is 5.78. The first-order valence-corrected chi connectivity index (χ1v) is 8.35. The van der Waals surface area contributed by atoms with Gasteiger partial charge in [0.2, 0.25) is 0 Å². The van der Waals surface area contributed by atoms with Crippen LogP contribution in [0.15, 0.2) is 42.5 Å². The number of carboxylic acid groups (broad SMARTS) is 1. The molecule has 0 bridgehead atoms. The fraction of sp³-hybridized carbons (Fsp3) is 0.381. The van der Waals surface area contributed by atoms with E-state index in [0.29, 0.717) is 17.7 Å². The van der Waals surface area contributed by atoms with Gasteiger partial charge in [0.1, 0.15) is 17.1 Å². The second kappa shape index (κ2) is 7.60. The predicted molar refractivity (Wildman–Crippen MR) is 98.6 cm³/mol. The molecule has 0 aliphatic heterocycles. The Hall–Kier alpha value is -2.49. The zero-order chi connectivity index (χ0) is 18.6. The number of hydrogen-bond donors (Lipinski definition) is 1. The minimum absolute atomic E-state index is 0.264. The zero-order valence-corrected chi connectivity index (χ0v) is 15.5. The van der Waals surface area contributed by atoms with Crippen molar-refractivity contribution in [1.82, 2.24) is 0 Å². The smallest absolute Gasteiger partial charge is 0.311 e. The van der Waals surface area contributed by atoms with E-state index in [0.717, 1.165) is 16.9 Å². The monoisotopic (exact) mass is 342 g/mol. The summed E-state index contributed by atoms with van der Waals surface area (Å²) < 4.78 is 11.2. The van der Waals surface area contributed by atoms with E-state index in [1.54, 1.807) is 7.11 Å². The van der Waals surface area contributed by atoms with Gasteiger partial charge in [0, 0.05) is 5.56 Å². The van der Waals surface area contributed by atoms with Crippen molar-refractivity contribution in [3.63, 3.8) is 0 Å². The van der Waals surface area contributed by atoms with E-state index < -0.39 is 11.9 Å². The summed E-state index contributed by atoms with van der Waals surface area (Å²) in [5, 5.41) is 9.73. The van der Waals surface area contributed by atoms with Crippen LogP contribution in [0.25, 0.3) is 0 Å². The molecule has 4 nitrogen and oxygen atoms in total. The van der Waals surface area contributed by atoms with Crippen LogP contribution in [0, 0.1) is 6.92 Å². The highest BCUT2D eigenvalue weighted by Gasteiger charge is 2.24. The SMILES string of the molecule is COc1ccc(C)cc1C(Cc1ccc(OC(C)(C)C)cc1)C(=O)O. The third kappa shape index (κ3) is 5.24. The van der Waals surface area contributed by atoms with Crippen LogP contribution in [0.1, 0.15) is 43.4 Å². The lowest BCUT2D eigenvalue weighted by molar-refractivity contribution is -0.138. The molecule has 0 aromatic heterocycles. The molecule has 4 heteroatoms. The maximum Gasteiger partial charge on any atom is 0.311 e. The maximum atomic E-state index is 11.9. The van der Waals surface area contributed by atoms with Crippen molar-refractivity contribution in [3.05, 3.63) is 59.2 Å². The minimum Gasteiger partial charge on any atom is -0.496 e. The van der Waals surface area contributed by atoms with Crippen molar-refractivity contribution in [3.8, 4) is 11.5 Å². The van der Waals surface area contributed by atoms with Crippen molar-refractivity contribution >= 4 is 5.97 Å². The van der Waals surface area contributed by atoms with Crippen molar-refractivity contribution in [2.45, 2.75) is 45.6 Å². The molecule has 0 aliphatic rings. The Morgan fingerprint density at radius 1 is 1.12 bits per heavy atom. The summed E-state index contributed by atoms with van der Waals surface area (Å²) in [5.41, 5.74) is 2.39. The van der Waals surface area contributed by atoms with Gasteiger partial charge in [-0.2, -0.15) is 0 Å². The van der Waals surface area contributed by atoms with Gasteiger partial charge in [-0.1, -0.05) is 29.8 Å². The standard InChI is InChI=1S/C21H26O4/c1-14-6-11-19(24-5)17(12-14)18(20(22)23)13-15-7-9-16(10-8-15)25-21(2,3)4/h6-12,18H,13H2,1-5H3,(H,22,23). The van der Waals surface area contributed by atoms with Gasteiger partial charge in [-0.05, 0) is 57.9 Å². The highest BCUT2D eigenvalue weighted by atomic mass is 16.5. The molecule has 0 saturated carbocycles. The van der Waals surface area contributed by atoms with Crippen LogP contribution in [-0.2, 0) is 11.2 Å². The molecule has 0 radical (unpaired) electrons. The van der Waals surface area contributed by atoms with Gasteiger partial charge >= 0.3 is 5.97 Å². The topological polar surface area (TPSA) is 55.8 Å². The third-order valence-electron chi connectivity index (χ3n) is 3.85. The number of benzene rings is 2. The quantitative estimate of drug-likeness (QED) is 0.834. The van der Waals surface area contributed by atoms with Crippen LogP contribution in [-0.4, -0.2) is 23.8 Å². The average molecular weight is 342 g/mol. The first kappa shape index (κ1) is 18.8. The van der Waals surface area contributed by atoms with Crippen LogP contribution < -0.4 is 9.47 Å². The van der Waals surface area contributed by atoms with Crippen LogP contribution in [0.2, 0.25) is 0 Å². The van der Waals surface area contributed by atoms with E-state index in [2.05, 4.69) is 0 Å². The summed E-state index contributed by atoms with van der Waals surface area (Å²) >= 11 is 0. The number of ether oxygens (including phenoxy) is 2. The second-order valence-electron chi connectivity index (χ2n) is 7.20. The number of methoxy groups -OCH3 is 1. The summed E-state index contributed by atoms with van der Waals surface area (Å²) in [6.07, 6.45) is 0.394. The number of carboxylic acids is 1. The summed E-state index contributed by atoms with van der Waals surface area (Å²) in [7, 11) is 1.56. The number of aryl methyl sites for hydroxylation is 1. The van der Waals surface area contributed by atoms with Gasteiger partial charge in [-0.25, -0.2) is 0 Å². The molecule has 25 heavy (non-hydrogen) atoms. The van der Waals surface area contributed by atoms with E-state index in [-0.39, 0.29) is 5.60 Å². The zero-order valence-electron chi connectivity index (χ0n) is 15.5.